The number of benzene rings is 1. The van der Waals surface area contributed by atoms with E-state index in [1.165, 1.54) is 24.6 Å². The first-order chi connectivity index (χ1) is 14.0. The van der Waals surface area contributed by atoms with Crippen molar-refractivity contribution in [3.8, 4) is 0 Å². The second-order valence-corrected chi connectivity index (χ2v) is 8.06. The number of carbonyl (C=O) groups is 3. The van der Waals surface area contributed by atoms with E-state index >= 15 is 0 Å². The third kappa shape index (κ3) is 6.54. The summed E-state index contributed by atoms with van der Waals surface area (Å²) in [5.74, 6) is -0.538. The molecule has 0 bridgehead atoms. The quantitative estimate of drug-likeness (QED) is 0.765. The maximum Gasteiger partial charge on any atom is 0.225 e. The van der Waals surface area contributed by atoms with Crippen molar-refractivity contribution >= 4 is 23.4 Å². The van der Waals surface area contributed by atoms with E-state index in [-0.39, 0.29) is 42.5 Å². The lowest BCUT2D eigenvalue weighted by molar-refractivity contribution is -0.137. The van der Waals surface area contributed by atoms with Gasteiger partial charge in [-0.25, -0.2) is 4.39 Å². The molecule has 1 heterocycles. The van der Waals surface area contributed by atoms with Crippen LogP contribution in [0.5, 0.6) is 0 Å². The summed E-state index contributed by atoms with van der Waals surface area (Å²) in [5.41, 5.74) is 0.382. The summed E-state index contributed by atoms with van der Waals surface area (Å²) in [5, 5.41) is 5.57. The van der Waals surface area contributed by atoms with Crippen LogP contribution in [0.2, 0.25) is 0 Å². The maximum absolute atomic E-state index is 13.1. The number of hydrogen-bond donors (Lipinski definition) is 2. The molecule has 2 fully saturated rings. The molecule has 3 rings (SSSR count). The van der Waals surface area contributed by atoms with Gasteiger partial charge in [0, 0.05) is 43.6 Å². The molecule has 6 nitrogen and oxygen atoms in total. The zero-order chi connectivity index (χ0) is 20.6. The van der Waals surface area contributed by atoms with Gasteiger partial charge in [0.25, 0.3) is 0 Å². The highest BCUT2D eigenvalue weighted by molar-refractivity contribution is 5.93. The molecule has 2 aliphatic rings. The molecule has 29 heavy (non-hydrogen) atoms. The number of hydrogen-bond acceptors (Lipinski definition) is 3. The van der Waals surface area contributed by atoms with Gasteiger partial charge < -0.3 is 15.5 Å². The largest absolute Gasteiger partial charge is 0.353 e. The predicted molar refractivity (Wildman–Crippen MR) is 109 cm³/mol. The number of rotatable bonds is 6. The van der Waals surface area contributed by atoms with Gasteiger partial charge in [0.05, 0.1) is 0 Å². The van der Waals surface area contributed by atoms with Crippen LogP contribution in [-0.2, 0) is 14.4 Å². The fourth-order valence-corrected chi connectivity index (χ4v) is 4.17. The smallest absolute Gasteiger partial charge is 0.225 e. The Bertz CT molecular complexity index is 726. The molecule has 0 atom stereocenters. The average molecular weight is 403 g/mol. The molecule has 1 saturated carbocycles. The summed E-state index contributed by atoms with van der Waals surface area (Å²) in [6.07, 6.45) is 6.76. The summed E-state index contributed by atoms with van der Waals surface area (Å²) >= 11 is 0. The van der Waals surface area contributed by atoms with Crippen molar-refractivity contribution in [3.63, 3.8) is 0 Å². The molecule has 0 unspecified atom stereocenters. The Labute approximate surface area is 171 Å². The standard InChI is InChI=1S/C22H30FN3O3/c23-17-5-4-6-19(15-17)25-21(28)12-11-20(27)24-18-9-7-16(8-10-18)22(29)26-13-2-1-3-14-26/h4-6,15-16,18H,1-3,7-14H2,(H,24,27)(H,25,28). The second-order valence-electron chi connectivity index (χ2n) is 8.06. The minimum Gasteiger partial charge on any atom is -0.353 e. The molecule has 7 heteroatoms. The van der Waals surface area contributed by atoms with Gasteiger partial charge in [0.1, 0.15) is 5.82 Å². The van der Waals surface area contributed by atoms with Crippen molar-refractivity contribution in [1.29, 1.82) is 0 Å². The average Bonchev–Trinajstić information content (AvgIpc) is 2.73. The minimum absolute atomic E-state index is 0.0468. The molecular weight excluding hydrogens is 373 g/mol. The lowest BCUT2D eigenvalue weighted by Crippen LogP contribution is -2.43. The Kier molecular flexibility index (Phi) is 7.61. The van der Waals surface area contributed by atoms with Gasteiger partial charge in [-0.3, -0.25) is 14.4 Å². The first-order valence-electron chi connectivity index (χ1n) is 10.6. The summed E-state index contributed by atoms with van der Waals surface area (Å²) in [6.45, 7) is 1.76. The molecule has 0 radical (unpaired) electrons. The number of carbonyl (C=O) groups excluding carboxylic acids is 3. The van der Waals surface area contributed by atoms with Crippen LogP contribution in [0.1, 0.15) is 57.8 Å². The Balaban J connectivity index is 1.34. The molecule has 1 aliphatic carbocycles. The first kappa shape index (κ1) is 21.3. The first-order valence-corrected chi connectivity index (χ1v) is 10.6. The van der Waals surface area contributed by atoms with Crippen molar-refractivity contribution in [3.05, 3.63) is 30.1 Å². The predicted octanol–water partition coefficient (Wildman–Crippen LogP) is 3.23. The monoisotopic (exact) mass is 403 g/mol. The van der Waals surface area contributed by atoms with E-state index in [4.69, 9.17) is 0 Å². The Morgan fingerprint density at radius 2 is 1.66 bits per heavy atom. The maximum atomic E-state index is 13.1. The van der Waals surface area contributed by atoms with Crippen molar-refractivity contribution < 1.29 is 18.8 Å². The van der Waals surface area contributed by atoms with Gasteiger partial charge in [-0.2, -0.15) is 0 Å². The Morgan fingerprint density at radius 3 is 2.34 bits per heavy atom. The molecule has 1 saturated heterocycles. The molecule has 2 N–H and O–H groups in total. The van der Waals surface area contributed by atoms with Gasteiger partial charge in [0.15, 0.2) is 0 Å². The van der Waals surface area contributed by atoms with E-state index in [1.807, 2.05) is 4.90 Å². The van der Waals surface area contributed by atoms with E-state index in [2.05, 4.69) is 10.6 Å². The number of nitrogens with zero attached hydrogens (tertiary/aromatic N) is 1. The Hall–Kier alpha value is -2.44. The number of likely N-dealkylation sites (tertiary alicyclic amines) is 1. The zero-order valence-corrected chi connectivity index (χ0v) is 16.8. The van der Waals surface area contributed by atoms with Gasteiger partial charge in [0.2, 0.25) is 17.7 Å². The molecule has 3 amide bonds. The van der Waals surface area contributed by atoms with Crippen LogP contribution in [0.4, 0.5) is 10.1 Å². The van der Waals surface area contributed by atoms with E-state index < -0.39 is 5.82 Å². The summed E-state index contributed by atoms with van der Waals surface area (Å²) in [4.78, 5) is 38.7. The van der Waals surface area contributed by atoms with Crippen molar-refractivity contribution in [2.24, 2.45) is 5.92 Å². The lowest BCUT2D eigenvalue weighted by atomic mass is 9.84. The molecular formula is C22H30FN3O3. The molecule has 0 spiro atoms. The van der Waals surface area contributed by atoms with Crippen molar-refractivity contribution in [2.45, 2.75) is 63.8 Å². The zero-order valence-electron chi connectivity index (χ0n) is 16.8. The SMILES string of the molecule is O=C(CCC(=O)NC1CCC(C(=O)N2CCCCC2)CC1)Nc1cccc(F)c1. The van der Waals surface area contributed by atoms with E-state index in [0.717, 1.165) is 51.6 Å². The lowest BCUT2D eigenvalue weighted by Gasteiger charge is -2.34. The Morgan fingerprint density at radius 1 is 0.966 bits per heavy atom. The van der Waals surface area contributed by atoms with Gasteiger partial charge in [-0.05, 0) is 63.1 Å². The highest BCUT2D eigenvalue weighted by atomic mass is 19.1. The third-order valence-electron chi connectivity index (χ3n) is 5.80. The third-order valence-corrected chi connectivity index (χ3v) is 5.80. The van der Waals surface area contributed by atoms with Crippen LogP contribution in [0.3, 0.4) is 0 Å². The van der Waals surface area contributed by atoms with Crippen LogP contribution in [0, 0.1) is 11.7 Å². The highest BCUT2D eigenvalue weighted by Gasteiger charge is 2.30. The fraction of sp³-hybridized carbons (Fsp3) is 0.591. The summed E-state index contributed by atoms with van der Waals surface area (Å²) < 4.78 is 13.1. The molecule has 1 aromatic carbocycles. The molecule has 1 aliphatic heterocycles. The van der Waals surface area contributed by atoms with Crippen LogP contribution < -0.4 is 10.6 Å². The van der Waals surface area contributed by atoms with Gasteiger partial charge in [-0.15, -0.1) is 0 Å². The van der Waals surface area contributed by atoms with Crippen LogP contribution in [0.25, 0.3) is 0 Å². The van der Waals surface area contributed by atoms with Gasteiger partial charge >= 0.3 is 0 Å². The number of anilines is 1. The van der Waals surface area contributed by atoms with E-state index in [9.17, 15) is 18.8 Å². The molecule has 0 aromatic heterocycles. The summed E-state index contributed by atoms with van der Waals surface area (Å²) in [7, 11) is 0. The summed E-state index contributed by atoms with van der Waals surface area (Å²) in [6, 6.07) is 5.73. The number of amides is 3. The van der Waals surface area contributed by atoms with Crippen molar-refractivity contribution in [2.75, 3.05) is 18.4 Å². The van der Waals surface area contributed by atoms with Crippen LogP contribution >= 0.6 is 0 Å². The van der Waals surface area contributed by atoms with E-state index in [1.54, 1.807) is 6.07 Å². The minimum atomic E-state index is -0.421. The van der Waals surface area contributed by atoms with Crippen LogP contribution in [-0.4, -0.2) is 41.8 Å². The highest BCUT2D eigenvalue weighted by Crippen LogP contribution is 2.27. The number of halogens is 1. The second kappa shape index (κ2) is 10.4. The van der Waals surface area contributed by atoms with Crippen molar-refractivity contribution in [1.82, 2.24) is 10.2 Å². The normalized spacial score (nSPS) is 22.0. The topological polar surface area (TPSA) is 78.5 Å². The molecule has 1 aromatic rings. The number of nitrogens with one attached hydrogen (secondary N) is 2. The fourth-order valence-electron chi connectivity index (χ4n) is 4.17. The van der Waals surface area contributed by atoms with Gasteiger partial charge in [-0.1, -0.05) is 6.07 Å². The number of piperidine rings is 1. The van der Waals surface area contributed by atoms with E-state index in [0.29, 0.717) is 5.69 Å². The molecule has 158 valence electrons. The van der Waals surface area contributed by atoms with Crippen LogP contribution in [0.15, 0.2) is 24.3 Å².